The maximum absolute atomic E-state index is 4.54. The third-order valence-corrected chi connectivity index (χ3v) is 2.85. The molecule has 0 unspecified atom stereocenters. The number of hydrogen-bond donors (Lipinski definition) is 2. The quantitative estimate of drug-likeness (QED) is 0.692. The van der Waals surface area contributed by atoms with Gasteiger partial charge in [-0.05, 0) is 6.42 Å². The van der Waals surface area contributed by atoms with Crippen LogP contribution in [-0.4, -0.2) is 23.6 Å². The molecular formula is C14H26N4. The van der Waals surface area contributed by atoms with E-state index < -0.39 is 0 Å². The lowest BCUT2D eigenvalue weighted by molar-refractivity contribution is 0.683. The van der Waals surface area contributed by atoms with Crippen LogP contribution in [0, 0.1) is 0 Å². The van der Waals surface area contributed by atoms with E-state index in [0.717, 1.165) is 24.0 Å². The molecule has 0 radical (unpaired) electrons. The minimum Gasteiger partial charge on any atom is -0.373 e. The van der Waals surface area contributed by atoms with E-state index in [4.69, 9.17) is 0 Å². The maximum Gasteiger partial charge on any atom is 0.135 e. The fourth-order valence-electron chi connectivity index (χ4n) is 1.71. The van der Waals surface area contributed by atoms with E-state index in [-0.39, 0.29) is 0 Å². The molecule has 18 heavy (non-hydrogen) atoms. The molecule has 0 saturated heterocycles. The number of nitrogens with one attached hydrogen (secondary N) is 2. The largest absolute Gasteiger partial charge is 0.373 e. The lowest BCUT2D eigenvalue weighted by Crippen LogP contribution is -2.08. The van der Waals surface area contributed by atoms with Crippen LogP contribution < -0.4 is 10.6 Å². The smallest absolute Gasteiger partial charge is 0.135 e. The predicted molar refractivity (Wildman–Crippen MR) is 78.3 cm³/mol. The summed E-state index contributed by atoms with van der Waals surface area (Å²) in [6.45, 7) is 7.43. The van der Waals surface area contributed by atoms with Crippen LogP contribution in [0.1, 0.15) is 58.2 Å². The monoisotopic (exact) mass is 250 g/mol. The van der Waals surface area contributed by atoms with Gasteiger partial charge in [0.25, 0.3) is 0 Å². The van der Waals surface area contributed by atoms with Gasteiger partial charge in [0.2, 0.25) is 0 Å². The van der Waals surface area contributed by atoms with Gasteiger partial charge in [-0.15, -0.1) is 0 Å². The Labute approximate surface area is 111 Å². The van der Waals surface area contributed by atoms with Crippen LogP contribution in [0.15, 0.2) is 6.07 Å². The third-order valence-electron chi connectivity index (χ3n) is 2.85. The Morgan fingerprint density at radius 1 is 1.11 bits per heavy atom. The first-order valence-corrected chi connectivity index (χ1v) is 6.98. The predicted octanol–water partition coefficient (Wildman–Crippen LogP) is 3.63. The first-order valence-electron chi connectivity index (χ1n) is 6.98. The van der Waals surface area contributed by atoms with E-state index in [9.17, 15) is 0 Å². The average molecular weight is 250 g/mol. The molecule has 0 aliphatic rings. The molecule has 0 atom stereocenters. The van der Waals surface area contributed by atoms with E-state index in [1.807, 2.05) is 13.1 Å². The Hall–Kier alpha value is -1.32. The topological polar surface area (TPSA) is 49.8 Å². The van der Waals surface area contributed by atoms with Gasteiger partial charge < -0.3 is 10.6 Å². The van der Waals surface area contributed by atoms with E-state index >= 15 is 0 Å². The van der Waals surface area contributed by atoms with Gasteiger partial charge in [-0.25, -0.2) is 9.97 Å². The van der Waals surface area contributed by atoms with Crippen molar-refractivity contribution in [2.24, 2.45) is 0 Å². The van der Waals surface area contributed by atoms with Gasteiger partial charge in [-0.3, -0.25) is 0 Å². The highest BCUT2D eigenvalue weighted by Gasteiger charge is 2.06. The lowest BCUT2D eigenvalue weighted by atomic mass is 10.2. The molecule has 0 aliphatic carbocycles. The van der Waals surface area contributed by atoms with Crippen molar-refractivity contribution in [3.8, 4) is 0 Å². The highest BCUT2D eigenvalue weighted by atomic mass is 15.1. The van der Waals surface area contributed by atoms with Crippen molar-refractivity contribution in [3.63, 3.8) is 0 Å². The number of hydrogen-bond acceptors (Lipinski definition) is 4. The summed E-state index contributed by atoms with van der Waals surface area (Å²) in [5.41, 5.74) is 0. The van der Waals surface area contributed by atoms with Crippen LogP contribution in [0.4, 0.5) is 11.6 Å². The molecule has 0 fully saturated rings. The van der Waals surface area contributed by atoms with Crippen molar-refractivity contribution in [1.29, 1.82) is 0 Å². The molecule has 1 rings (SSSR count). The first kappa shape index (κ1) is 14.7. The Morgan fingerprint density at radius 2 is 1.83 bits per heavy atom. The summed E-state index contributed by atoms with van der Waals surface area (Å²) in [4.78, 5) is 8.98. The van der Waals surface area contributed by atoms with Crippen LogP contribution in [0.25, 0.3) is 0 Å². The molecule has 0 aliphatic heterocycles. The molecule has 0 saturated carbocycles. The molecule has 1 heterocycles. The molecule has 4 nitrogen and oxygen atoms in total. The number of unbranched alkanes of at least 4 members (excludes halogenated alkanes) is 3. The molecule has 0 aromatic carbocycles. The van der Waals surface area contributed by atoms with Gasteiger partial charge in [-0.2, -0.15) is 0 Å². The average Bonchev–Trinajstić information content (AvgIpc) is 2.38. The summed E-state index contributed by atoms with van der Waals surface area (Å²) in [6, 6.07) is 1.96. The zero-order valence-corrected chi connectivity index (χ0v) is 12.1. The highest BCUT2D eigenvalue weighted by molar-refractivity contribution is 5.47. The number of anilines is 2. The molecular weight excluding hydrogens is 224 g/mol. The van der Waals surface area contributed by atoms with Crippen molar-refractivity contribution < 1.29 is 0 Å². The van der Waals surface area contributed by atoms with Gasteiger partial charge in [0.1, 0.15) is 17.5 Å². The lowest BCUT2D eigenvalue weighted by Gasteiger charge is -2.11. The standard InChI is InChI=1S/C14H26N4/c1-5-6-7-8-9-16-13-10-12(15-4)17-14(18-13)11(2)3/h10-11H,5-9H2,1-4H3,(H2,15,16,17,18). The van der Waals surface area contributed by atoms with Crippen molar-refractivity contribution in [2.45, 2.75) is 52.4 Å². The van der Waals surface area contributed by atoms with Crippen molar-refractivity contribution >= 4 is 11.6 Å². The second kappa shape index (κ2) is 7.90. The van der Waals surface area contributed by atoms with Crippen LogP contribution >= 0.6 is 0 Å². The summed E-state index contributed by atoms with van der Waals surface area (Å²) in [6.07, 6.45) is 5.06. The minimum absolute atomic E-state index is 0.346. The summed E-state index contributed by atoms with van der Waals surface area (Å²) in [5, 5.41) is 6.46. The third kappa shape index (κ3) is 4.90. The Balaban J connectivity index is 2.56. The van der Waals surface area contributed by atoms with Gasteiger partial charge in [-0.1, -0.05) is 40.0 Å². The van der Waals surface area contributed by atoms with Crippen LogP contribution in [0.2, 0.25) is 0 Å². The normalized spacial score (nSPS) is 10.7. The molecule has 102 valence electrons. The molecule has 2 N–H and O–H groups in total. The van der Waals surface area contributed by atoms with Gasteiger partial charge in [0.05, 0.1) is 0 Å². The summed E-state index contributed by atoms with van der Waals surface area (Å²) in [5.74, 6) is 3.04. The van der Waals surface area contributed by atoms with Crippen LogP contribution in [-0.2, 0) is 0 Å². The van der Waals surface area contributed by atoms with Gasteiger partial charge in [0.15, 0.2) is 0 Å². The van der Waals surface area contributed by atoms with E-state index in [0.29, 0.717) is 5.92 Å². The van der Waals surface area contributed by atoms with Crippen LogP contribution in [0.3, 0.4) is 0 Å². The second-order valence-corrected chi connectivity index (χ2v) is 4.89. The van der Waals surface area contributed by atoms with Crippen LogP contribution in [0.5, 0.6) is 0 Å². The molecule has 4 heteroatoms. The zero-order valence-electron chi connectivity index (χ0n) is 12.1. The number of nitrogens with zero attached hydrogens (tertiary/aromatic N) is 2. The SMILES string of the molecule is CCCCCCNc1cc(NC)nc(C(C)C)n1. The van der Waals surface area contributed by atoms with Crippen molar-refractivity contribution in [1.82, 2.24) is 9.97 Å². The first-order chi connectivity index (χ1) is 8.67. The van der Waals surface area contributed by atoms with Gasteiger partial charge in [0, 0.05) is 25.6 Å². The molecule has 1 aromatic rings. The fourth-order valence-corrected chi connectivity index (χ4v) is 1.71. The second-order valence-electron chi connectivity index (χ2n) is 4.89. The Morgan fingerprint density at radius 3 is 2.44 bits per heavy atom. The Bertz CT molecular complexity index is 350. The number of aromatic nitrogens is 2. The minimum atomic E-state index is 0.346. The molecule has 1 aromatic heterocycles. The zero-order chi connectivity index (χ0) is 13.4. The maximum atomic E-state index is 4.54. The van der Waals surface area contributed by atoms with Crippen molar-refractivity contribution in [3.05, 3.63) is 11.9 Å². The van der Waals surface area contributed by atoms with Gasteiger partial charge >= 0.3 is 0 Å². The highest BCUT2D eigenvalue weighted by Crippen LogP contribution is 2.16. The van der Waals surface area contributed by atoms with E-state index in [1.165, 1.54) is 25.7 Å². The van der Waals surface area contributed by atoms with Crippen molar-refractivity contribution in [2.75, 3.05) is 24.2 Å². The molecule has 0 spiro atoms. The summed E-state index contributed by atoms with van der Waals surface area (Å²) >= 11 is 0. The van der Waals surface area contributed by atoms with E-state index in [2.05, 4.69) is 41.4 Å². The van der Waals surface area contributed by atoms with E-state index in [1.54, 1.807) is 0 Å². The summed E-state index contributed by atoms with van der Waals surface area (Å²) < 4.78 is 0. The Kier molecular flexibility index (Phi) is 6.47. The molecule has 0 amide bonds. The fraction of sp³-hybridized carbons (Fsp3) is 0.714. The summed E-state index contributed by atoms with van der Waals surface area (Å²) in [7, 11) is 1.89. The number of rotatable bonds is 8. The molecule has 0 bridgehead atoms.